The third-order valence-electron chi connectivity index (χ3n) is 2.94. The summed E-state index contributed by atoms with van der Waals surface area (Å²) in [4.78, 5) is 11.8. The van der Waals surface area contributed by atoms with Gasteiger partial charge in [-0.3, -0.25) is 0 Å². The van der Waals surface area contributed by atoms with Crippen molar-refractivity contribution < 1.29 is 9.53 Å². The predicted octanol–water partition coefficient (Wildman–Crippen LogP) is 3.51. The zero-order valence-corrected chi connectivity index (χ0v) is 15.2. The summed E-state index contributed by atoms with van der Waals surface area (Å²) in [5.74, 6) is 0. The highest BCUT2D eigenvalue weighted by atomic mass is 16.6. The van der Waals surface area contributed by atoms with Crippen molar-refractivity contribution in [2.24, 2.45) is 0 Å². The Morgan fingerprint density at radius 1 is 1.04 bits per heavy atom. The summed E-state index contributed by atoms with van der Waals surface area (Å²) in [6, 6.07) is 7.96. The van der Waals surface area contributed by atoms with Crippen molar-refractivity contribution >= 4 is 11.8 Å². The van der Waals surface area contributed by atoms with Gasteiger partial charge in [0.05, 0.1) is 0 Å². The van der Waals surface area contributed by atoms with E-state index < -0.39 is 11.7 Å². The van der Waals surface area contributed by atoms with Crippen molar-refractivity contribution in [2.45, 2.75) is 59.2 Å². The van der Waals surface area contributed by atoms with E-state index in [-0.39, 0.29) is 5.54 Å². The van der Waals surface area contributed by atoms with Gasteiger partial charge < -0.3 is 20.7 Å². The second kappa shape index (κ2) is 8.20. The molecule has 0 saturated carbocycles. The lowest BCUT2D eigenvalue weighted by molar-refractivity contribution is 0.0523. The van der Waals surface area contributed by atoms with Crippen molar-refractivity contribution in [1.82, 2.24) is 10.6 Å². The number of anilines is 1. The number of benzene rings is 1. The maximum absolute atomic E-state index is 11.8. The van der Waals surface area contributed by atoms with Crippen molar-refractivity contribution in [3.05, 3.63) is 29.8 Å². The summed E-state index contributed by atoms with van der Waals surface area (Å²) in [7, 11) is 0. The average molecular weight is 321 g/mol. The summed E-state index contributed by atoms with van der Waals surface area (Å²) in [5.41, 5.74) is 1.69. The molecule has 0 aliphatic carbocycles. The average Bonchev–Trinajstić information content (AvgIpc) is 2.39. The number of alkyl carbamates (subject to hydrolysis) is 1. The molecule has 1 aromatic carbocycles. The van der Waals surface area contributed by atoms with Gasteiger partial charge in [0.15, 0.2) is 0 Å². The molecule has 0 atom stereocenters. The Kier molecular flexibility index (Phi) is 6.88. The van der Waals surface area contributed by atoms with Crippen molar-refractivity contribution in [3.63, 3.8) is 0 Å². The van der Waals surface area contributed by atoms with E-state index in [2.05, 4.69) is 36.7 Å². The molecular weight excluding hydrogens is 290 g/mol. The van der Waals surface area contributed by atoms with Gasteiger partial charge in [0.25, 0.3) is 0 Å². The second-order valence-corrected chi connectivity index (χ2v) is 7.62. The maximum atomic E-state index is 11.8. The molecule has 1 amide bonds. The molecule has 0 saturated heterocycles. The van der Waals surface area contributed by atoms with E-state index in [1.807, 2.05) is 45.0 Å². The topological polar surface area (TPSA) is 62.4 Å². The number of para-hydroxylation sites is 1. The van der Waals surface area contributed by atoms with Crippen LogP contribution in [0.3, 0.4) is 0 Å². The van der Waals surface area contributed by atoms with Crippen LogP contribution < -0.4 is 16.0 Å². The molecule has 3 N–H and O–H groups in total. The van der Waals surface area contributed by atoms with E-state index in [1.165, 1.54) is 0 Å². The third-order valence-corrected chi connectivity index (χ3v) is 2.94. The van der Waals surface area contributed by atoms with E-state index in [0.29, 0.717) is 6.54 Å². The minimum Gasteiger partial charge on any atom is -0.444 e. The summed E-state index contributed by atoms with van der Waals surface area (Å²) >= 11 is 0. The number of rotatable bonds is 6. The van der Waals surface area contributed by atoms with Crippen LogP contribution in [-0.4, -0.2) is 30.3 Å². The Bertz CT molecular complexity index is 502. The summed E-state index contributed by atoms with van der Waals surface area (Å²) in [6.07, 6.45) is -0.401. The van der Waals surface area contributed by atoms with E-state index in [0.717, 1.165) is 24.3 Å². The lowest BCUT2D eigenvalue weighted by atomic mass is 10.1. The van der Waals surface area contributed by atoms with Crippen LogP contribution in [0, 0.1) is 0 Å². The van der Waals surface area contributed by atoms with Gasteiger partial charge >= 0.3 is 6.09 Å². The molecule has 0 spiro atoms. The van der Waals surface area contributed by atoms with Crippen molar-refractivity contribution in [2.75, 3.05) is 18.4 Å². The fourth-order valence-electron chi connectivity index (χ4n) is 1.96. The molecule has 5 heteroatoms. The van der Waals surface area contributed by atoms with E-state index in [9.17, 15) is 4.79 Å². The highest BCUT2D eigenvalue weighted by Crippen LogP contribution is 2.15. The number of hydrogen-bond acceptors (Lipinski definition) is 4. The normalized spacial score (nSPS) is 11.9. The van der Waals surface area contributed by atoms with Crippen LogP contribution in [0.25, 0.3) is 0 Å². The first-order valence-corrected chi connectivity index (χ1v) is 8.10. The molecule has 5 nitrogen and oxygen atoms in total. The molecule has 23 heavy (non-hydrogen) atoms. The Morgan fingerprint density at radius 2 is 1.70 bits per heavy atom. The number of hydrogen-bond donors (Lipinski definition) is 3. The highest BCUT2D eigenvalue weighted by molar-refractivity contribution is 5.68. The van der Waals surface area contributed by atoms with Crippen LogP contribution in [-0.2, 0) is 11.3 Å². The monoisotopic (exact) mass is 321 g/mol. The molecule has 1 rings (SSSR count). The van der Waals surface area contributed by atoms with Crippen LogP contribution in [0.1, 0.15) is 47.1 Å². The van der Waals surface area contributed by atoms with Crippen molar-refractivity contribution in [1.29, 1.82) is 0 Å². The molecule has 0 heterocycles. The molecule has 0 aliphatic heterocycles. The van der Waals surface area contributed by atoms with Crippen LogP contribution in [0.2, 0.25) is 0 Å². The molecule has 0 aliphatic rings. The molecule has 0 unspecified atom stereocenters. The first-order valence-electron chi connectivity index (χ1n) is 8.10. The first kappa shape index (κ1) is 19.3. The number of ether oxygens (including phenoxy) is 1. The zero-order valence-electron chi connectivity index (χ0n) is 15.2. The Labute approximate surface area is 140 Å². The summed E-state index contributed by atoms with van der Waals surface area (Å²) < 4.78 is 5.25. The molecule has 0 bridgehead atoms. The number of nitrogens with one attached hydrogen (secondary N) is 3. The summed E-state index contributed by atoms with van der Waals surface area (Å²) in [6.45, 7) is 14.1. The molecule has 0 fully saturated rings. The fourth-order valence-corrected chi connectivity index (χ4v) is 1.96. The lowest BCUT2D eigenvalue weighted by Crippen LogP contribution is -2.38. The largest absolute Gasteiger partial charge is 0.444 e. The number of amides is 1. The minimum absolute atomic E-state index is 0.111. The number of carbonyl (C=O) groups excluding carboxylic acids is 1. The molecule has 0 aromatic heterocycles. The van der Waals surface area contributed by atoms with Gasteiger partial charge in [-0.15, -0.1) is 0 Å². The van der Waals surface area contributed by atoms with Gasteiger partial charge in [0.1, 0.15) is 5.60 Å². The minimum atomic E-state index is -0.486. The molecule has 0 radical (unpaired) electrons. The quantitative estimate of drug-likeness (QED) is 0.702. The van der Waals surface area contributed by atoms with Crippen LogP contribution >= 0.6 is 0 Å². The van der Waals surface area contributed by atoms with E-state index >= 15 is 0 Å². The van der Waals surface area contributed by atoms with Gasteiger partial charge in [-0.1, -0.05) is 18.2 Å². The molecular formula is C18H31N3O2. The fraction of sp³-hybridized carbons (Fsp3) is 0.611. The molecule has 130 valence electrons. The van der Waals surface area contributed by atoms with Gasteiger partial charge in [-0.05, 0) is 53.2 Å². The Balaban J connectivity index is 2.49. The maximum Gasteiger partial charge on any atom is 0.407 e. The van der Waals surface area contributed by atoms with Crippen LogP contribution in [0.15, 0.2) is 24.3 Å². The van der Waals surface area contributed by atoms with Gasteiger partial charge in [0, 0.05) is 30.9 Å². The number of carbonyl (C=O) groups is 1. The van der Waals surface area contributed by atoms with Gasteiger partial charge in [-0.25, -0.2) is 4.79 Å². The Hall–Kier alpha value is -1.75. The van der Waals surface area contributed by atoms with E-state index in [1.54, 1.807) is 0 Å². The zero-order chi connectivity index (χ0) is 17.5. The summed E-state index contributed by atoms with van der Waals surface area (Å²) in [5, 5.41) is 9.63. The third kappa shape index (κ3) is 9.08. The first-order chi connectivity index (χ1) is 10.6. The van der Waals surface area contributed by atoms with Gasteiger partial charge in [0.2, 0.25) is 0 Å². The highest BCUT2D eigenvalue weighted by Gasteiger charge is 2.16. The van der Waals surface area contributed by atoms with Crippen molar-refractivity contribution in [3.8, 4) is 0 Å². The van der Waals surface area contributed by atoms with Crippen LogP contribution in [0.4, 0.5) is 10.5 Å². The second-order valence-electron chi connectivity index (χ2n) is 7.62. The van der Waals surface area contributed by atoms with Crippen LogP contribution in [0.5, 0.6) is 0 Å². The SMILES string of the molecule is CC(C)(C)NCCNc1ccccc1CNC(=O)OC(C)(C)C. The predicted molar refractivity (Wildman–Crippen MR) is 95.8 cm³/mol. The van der Waals surface area contributed by atoms with Gasteiger partial charge in [-0.2, -0.15) is 0 Å². The smallest absolute Gasteiger partial charge is 0.407 e. The Morgan fingerprint density at radius 3 is 2.30 bits per heavy atom. The lowest BCUT2D eigenvalue weighted by Gasteiger charge is -2.21. The standard InChI is InChI=1S/C18H31N3O2/c1-17(2,3)21-12-11-19-15-10-8-7-9-14(15)13-20-16(22)23-18(4,5)6/h7-10,19,21H,11-13H2,1-6H3,(H,20,22). The van der Waals surface area contributed by atoms with E-state index in [4.69, 9.17) is 4.74 Å². The molecule has 1 aromatic rings.